The molecule has 94 valence electrons. The van der Waals surface area contributed by atoms with Gasteiger partial charge in [0.15, 0.2) is 5.16 Å². The van der Waals surface area contributed by atoms with Crippen molar-refractivity contribution in [2.45, 2.75) is 12.1 Å². The molecule has 6 heteroatoms. The lowest BCUT2D eigenvalue weighted by Crippen LogP contribution is -1.98. The minimum absolute atomic E-state index is 0.323. The molecule has 0 fully saturated rings. The molecular weight excluding hydrogens is 273 g/mol. The number of nitrogens with zero attached hydrogens (tertiary/aromatic N) is 2. The van der Waals surface area contributed by atoms with E-state index in [-0.39, 0.29) is 5.82 Å². The normalized spacial score (nSPS) is 10.4. The summed E-state index contributed by atoms with van der Waals surface area (Å²) < 4.78 is 13.7. The van der Waals surface area contributed by atoms with Crippen molar-refractivity contribution in [3.8, 4) is 0 Å². The van der Waals surface area contributed by atoms with Crippen molar-refractivity contribution in [1.82, 2.24) is 9.97 Å². The quantitative estimate of drug-likeness (QED) is 0.524. The van der Waals surface area contributed by atoms with Gasteiger partial charge >= 0.3 is 0 Å². The highest BCUT2D eigenvalue weighted by Crippen LogP contribution is 2.23. The van der Waals surface area contributed by atoms with Crippen LogP contribution in [-0.4, -0.2) is 16.2 Å². The number of hydrogen-bond donors (Lipinski definition) is 1. The number of anilines is 2. The zero-order valence-corrected chi connectivity index (χ0v) is 11.4. The van der Waals surface area contributed by atoms with Gasteiger partial charge in [-0.3, -0.25) is 0 Å². The molecular formula is C12H11ClFN3S. The first-order valence-corrected chi connectivity index (χ1v) is 6.80. The fourth-order valence-corrected chi connectivity index (χ4v) is 2.02. The van der Waals surface area contributed by atoms with Crippen molar-refractivity contribution >= 4 is 34.9 Å². The molecule has 1 aromatic carbocycles. The fourth-order valence-electron chi connectivity index (χ4n) is 1.41. The first-order valence-electron chi connectivity index (χ1n) is 5.20. The summed E-state index contributed by atoms with van der Waals surface area (Å²) in [6, 6.07) is 6.50. The average Bonchev–Trinajstić information content (AvgIpc) is 2.32. The number of nitrogens with one attached hydrogen (secondary N) is 1. The van der Waals surface area contributed by atoms with Crippen molar-refractivity contribution < 1.29 is 4.39 Å². The highest BCUT2D eigenvalue weighted by atomic mass is 35.5. The summed E-state index contributed by atoms with van der Waals surface area (Å²) in [5.74, 6) is 0.150. The third-order valence-electron chi connectivity index (χ3n) is 2.24. The van der Waals surface area contributed by atoms with E-state index >= 15 is 0 Å². The van der Waals surface area contributed by atoms with Crippen molar-refractivity contribution in [3.05, 3.63) is 40.8 Å². The van der Waals surface area contributed by atoms with E-state index in [0.717, 1.165) is 5.56 Å². The molecule has 0 saturated heterocycles. The van der Waals surface area contributed by atoms with Gasteiger partial charge in [0.05, 0.1) is 5.69 Å². The van der Waals surface area contributed by atoms with Crippen LogP contribution in [0.2, 0.25) is 5.15 Å². The highest BCUT2D eigenvalue weighted by molar-refractivity contribution is 7.98. The molecule has 0 bridgehead atoms. The molecule has 1 N–H and O–H groups in total. The zero-order valence-electron chi connectivity index (χ0n) is 9.87. The van der Waals surface area contributed by atoms with E-state index in [9.17, 15) is 4.39 Å². The van der Waals surface area contributed by atoms with E-state index in [1.807, 2.05) is 19.2 Å². The Balaban J connectivity index is 2.30. The molecule has 1 aromatic heterocycles. The Labute approximate surface area is 114 Å². The Morgan fingerprint density at radius 3 is 2.72 bits per heavy atom. The Hall–Kier alpha value is -1.33. The zero-order chi connectivity index (χ0) is 13.1. The molecule has 1 heterocycles. The summed E-state index contributed by atoms with van der Waals surface area (Å²) >= 11 is 7.24. The van der Waals surface area contributed by atoms with Gasteiger partial charge in [-0.1, -0.05) is 29.4 Å². The predicted octanol–water partition coefficient (Wildman–Crippen LogP) is 4.04. The van der Waals surface area contributed by atoms with Crippen molar-refractivity contribution in [2.24, 2.45) is 0 Å². The molecule has 0 spiro atoms. The van der Waals surface area contributed by atoms with Crippen molar-refractivity contribution in [2.75, 3.05) is 11.6 Å². The van der Waals surface area contributed by atoms with Crippen LogP contribution in [0.25, 0.3) is 0 Å². The molecule has 18 heavy (non-hydrogen) atoms. The van der Waals surface area contributed by atoms with Gasteiger partial charge in [-0.25, -0.2) is 14.4 Å². The summed E-state index contributed by atoms with van der Waals surface area (Å²) in [6.45, 7) is 1.83. The Bertz CT molecular complexity index is 577. The van der Waals surface area contributed by atoms with Gasteiger partial charge in [-0.15, -0.1) is 0 Å². The first-order chi connectivity index (χ1) is 8.58. The maximum Gasteiger partial charge on any atom is 0.190 e. The Kier molecular flexibility index (Phi) is 4.04. The van der Waals surface area contributed by atoms with Crippen LogP contribution in [-0.2, 0) is 0 Å². The second-order valence-electron chi connectivity index (χ2n) is 3.67. The van der Waals surface area contributed by atoms with E-state index in [1.54, 1.807) is 12.1 Å². The van der Waals surface area contributed by atoms with Gasteiger partial charge in [0, 0.05) is 6.07 Å². The van der Waals surface area contributed by atoms with Gasteiger partial charge in [0.2, 0.25) is 0 Å². The second kappa shape index (κ2) is 5.54. The topological polar surface area (TPSA) is 37.8 Å². The minimum atomic E-state index is -0.324. The number of halogens is 2. The molecule has 0 amide bonds. The van der Waals surface area contributed by atoms with Crippen molar-refractivity contribution in [3.63, 3.8) is 0 Å². The minimum Gasteiger partial charge on any atom is -0.338 e. The molecule has 0 saturated carbocycles. The molecule has 0 atom stereocenters. The number of aryl methyl sites for hydroxylation is 1. The second-order valence-corrected chi connectivity index (χ2v) is 4.83. The summed E-state index contributed by atoms with van der Waals surface area (Å²) in [5.41, 5.74) is 1.23. The van der Waals surface area contributed by atoms with Gasteiger partial charge in [0.1, 0.15) is 16.8 Å². The number of hydrogen-bond acceptors (Lipinski definition) is 4. The van der Waals surface area contributed by atoms with E-state index in [4.69, 9.17) is 11.6 Å². The Morgan fingerprint density at radius 2 is 2.06 bits per heavy atom. The molecule has 0 aliphatic rings. The number of aromatic nitrogens is 2. The van der Waals surface area contributed by atoms with Crippen LogP contribution in [0.4, 0.5) is 15.9 Å². The van der Waals surface area contributed by atoms with Crippen molar-refractivity contribution in [1.29, 1.82) is 0 Å². The van der Waals surface area contributed by atoms with Crippen LogP contribution in [0.5, 0.6) is 0 Å². The van der Waals surface area contributed by atoms with Crippen LogP contribution < -0.4 is 5.32 Å². The Morgan fingerprint density at radius 1 is 1.28 bits per heavy atom. The van der Waals surface area contributed by atoms with E-state index in [0.29, 0.717) is 21.8 Å². The summed E-state index contributed by atoms with van der Waals surface area (Å²) in [7, 11) is 0. The first kappa shape index (κ1) is 13.1. The molecule has 0 aliphatic carbocycles. The molecule has 2 aromatic rings. The third-order valence-corrected chi connectivity index (χ3v) is 2.99. The number of thioether (sulfide) groups is 1. The monoisotopic (exact) mass is 283 g/mol. The number of benzene rings is 1. The van der Waals surface area contributed by atoms with E-state index < -0.39 is 0 Å². The molecule has 0 unspecified atom stereocenters. The standard InChI is InChI=1S/C12H11ClFN3S/c1-7-3-4-9(8(14)5-7)15-11-6-10(13)16-12(17-11)18-2/h3-6H,1-2H3,(H,15,16,17). The lowest BCUT2D eigenvalue weighted by Gasteiger charge is -2.08. The average molecular weight is 284 g/mol. The lowest BCUT2D eigenvalue weighted by atomic mass is 10.2. The maximum absolute atomic E-state index is 13.7. The van der Waals surface area contributed by atoms with Gasteiger partial charge in [0.25, 0.3) is 0 Å². The van der Waals surface area contributed by atoms with Crippen LogP contribution in [0.3, 0.4) is 0 Å². The lowest BCUT2D eigenvalue weighted by molar-refractivity contribution is 0.630. The molecule has 0 radical (unpaired) electrons. The molecule has 2 rings (SSSR count). The fraction of sp³-hybridized carbons (Fsp3) is 0.167. The van der Waals surface area contributed by atoms with Gasteiger partial charge in [-0.05, 0) is 30.9 Å². The predicted molar refractivity (Wildman–Crippen MR) is 73.2 cm³/mol. The SMILES string of the molecule is CSc1nc(Cl)cc(Nc2ccc(C)cc2F)n1. The largest absolute Gasteiger partial charge is 0.338 e. The molecule has 3 nitrogen and oxygen atoms in total. The smallest absolute Gasteiger partial charge is 0.190 e. The van der Waals surface area contributed by atoms with Crippen LogP contribution in [0.1, 0.15) is 5.56 Å². The maximum atomic E-state index is 13.7. The third kappa shape index (κ3) is 3.11. The molecule has 0 aliphatic heterocycles. The van der Waals surface area contributed by atoms with Crippen LogP contribution in [0.15, 0.2) is 29.4 Å². The van der Waals surface area contributed by atoms with E-state index in [1.165, 1.54) is 17.8 Å². The number of rotatable bonds is 3. The van der Waals surface area contributed by atoms with Crippen LogP contribution >= 0.6 is 23.4 Å². The van der Waals surface area contributed by atoms with Gasteiger partial charge in [-0.2, -0.15) is 0 Å². The highest BCUT2D eigenvalue weighted by Gasteiger charge is 2.06. The van der Waals surface area contributed by atoms with Gasteiger partial charge < -0.3 is 5.32 Å². The van der Waals surface area contributed by atoms with Crippen LogP contribution in [0, 0.1) is 12.7 Å². The van der Waals surface area contributed by atoms with E-state index in [2.05, 4.69) is 15.3 Å². The summed E-state index contributed by atoms with van der Waals surface area (Å²) in [5, 5.41) is 3.75. The summed E-state index contributed by atoms with van der Waals surface area (Å²) in [4.78, 5) is 8.21. The summed E-state index contributed by atoms with van der Waals surface area (Å²) in [6.07, 6.45) is 1.85.